The van der Waals surface area contributed by atoms with Gasteiger partial charge in [0.2, 0.25) is 5.88 Å². The normalized spacial score (nSPS) is 12.6. The molecule has 0 atom stereocenters. The zero-order chi connectivity index (χ0) is 24.8. The first-order chi connectivity index (χ1) is 15.8. The molecule has 0 saturated carbocycles. The van der Waals surface area contributed by atoms with E-state index >= 15 is 0 Å². The molecular formula is C20H16N4O8S2. The average Bonchev–Trinajstić information content (AvgIpc) is 3.04. The van der Waals surface area contributed by atoms with Crippen LogP contribution in [0.5, 0.6) is 11.6 Å². The number of aromatic hydroxyl groups is 2. The van der Waals surface area contributed by atoms with E-state index in [9.17, 15) is 31.6 Å². The highest BCUT2D eigenvalue weighted by Crippen LogP contribution is 2.36. The Morgan fingerprint density at radius 1 is 0.824 bits per heavy atom. The number of hydrogen-bond donors (Lipinski definition) is 4. The van der Waals surface area contributed by atoms with Crippen molar-refractivity contribution in [1.82, 2.24) is 9.78 Å². The Balaban J connectivity index is 1.72. The van der Waals surface area contributed by atoms with Crippen molar-refractivity contribution in [1.29, 1.82) is 0 Å². The summed E-state index contributed by atoms with van der Waals surface area (Å²) in [5, 5.41) is 33.4. The molecule has 14 heteroatoms. The lowest BCUT2D eigenvalue weighted by Gasteiger charge is -2.08. The summed E-state index contributed by atoms with van der Waals surface area (Å²) >= 11 is 0. The molecule has 0 aliphatic rings. The van der Waals surface area contributed by atoms with Crippen LogP contribution in [0, 0.1) is 6.92 Å². The third-order valence-electron chi connectivity index (χ3n) is 4.84. The van der Waals surface area contributed by atoms with Gasteiger partial charge in [-0.15, -0.1) is 5.11 Å². The largest absolute Gasteiger partial charge is 0.507 e. The van der Waals surface area contributed by atoms with Crippen molar-refractivity contribution in [2.24, 2.45) is 10.2 Å². The van der Waals surface area contributed by atoms with Crippen LogP contribution >= 0.6 is 0 Å². The molecule has 1 aromatic heterocycles. The van der Waals surface area contributed by atoms with E-state index in [-0.39, 0.29) is 33.3 Å². The van der Waals surface area contributed by atoms with E-state index in [1.165, 1.54) is 30.3 Å². The van der Waals surface area contributed by atoms with Crippen LogP contribution in [0.25, 0.3) is 16.5 Å². The molecule has 0 radical (unpaired) electrons. The Kier molecular flexibility index (Phi) is 5.61. The van der Waals surface area contributed by atoms with Gasteiger partial charge in [-0.25, -0.2) is 0 Å². The molecule has 0 aliphatic heterocycles. The van der Waals surface area contributed by atoms with Crippen molar-refractivity contribution in [2.75, 3.05) is 0 Å². The number of phenols is 1. The summed E-state index contributed by atoms with van der Waals surface area (Å²) in [5.41, 5.74) is 0.871. The summed E-state index contributed by atoms with van der Waals surface area (Å²) in [4.78, 5) is -0.803. The van der Waals surface area contributed by atoms with Crippen molar-refractivity contribution in [3.05, 3.63) is 60.3 Å². The molecule has 4 aromatic rings. The molecular weight excluding hydrogens is 488 g/mol. The molecule has 0 spiro atoms. The first-order valence-electron chi connectivity index (χ1n) is 9.37. The number of aryl methyl sites for hydroxylation is 1. The molecule has 12 nitrogen and oxygen atoms in total. The molecule has 1 heterocycles. The Morgan fingerprint density at radius 3 is 2.09 bits per heavy atom. The number of rotatable bonds is 5. The van der Waals surface area contributed by atoms with Gasteiger partial charge in [0, 0.05) is 11.5 Å². The van der Waals surface area contributed by atoms with Gasteiger partial charge in [0.25, 0.3) is 20.2 Å². The minimum Gasteiger partial charge on any atom is -0.507 e. The highest BCUT2D eigenvalue weighted by atomic mass is 32.2. The Bertz CT molecular complexity index is 1680. The molecule has 0 fully saturated rings. The summed E-state index contributed by atoms with van der Waals surface area (Å²) in [6, 6.07) is 11.5. The van der Waals surface area contributed by atoms with E-state index in [1.807, 2.05) is 0 Å². The maximum absolute atomic E-state index is 11.5. The van der Waals surface area contributed by atoms with Gasteiger partial charge in [-0.2, -0.15) is 31.7 Å². The van der Waals surface area contributed by atoms with Crippen LogP contribution in [0.3, 0.4) is 0 Å². The molecule has 4 N–H and O–H groups in total. The van der Waals surface area contributed by atoms with Gasteiger partial charge in [0.15, 0.2) is 5.69 Å². The lowest BCUT2D eigenvalue weighted by atomic mass is 10.1. The van der Waals surface area contributed by atoms with E-state index in [1.54, 1.807) is 6.92 Å². The minimum absolute atomic E-state index is 0.0217. The first kappa shape index (κ1) is 23.3. The Hall–Kier alpha value is -3.85. The highest BCUT2D eigenvalue weighted by molar-refractivity contribution is 7.86. The molecule has 0 bridgehead atoms. The summed E-state index contributed by atoms with van der Waals surface area (Å²) in [6.45, 7) is 1.56. The smallest absolute Gasteiger partial charge is 0.294 e. The number of nitrogens with zero attached hydrogens (tertiary/aromatic N) is 4. The zero-order valence-corrected chi connectivity index (χ0v) is 18.9. The van der Waals surface area contributed by atoms with Gasteiger partial charge in [-0.05, 0) is 60.8 Å². The van der Waals surface area contributed by atoms with Crippen LogP contribution in [0.1, 0.15) is 5.69 Å². The van der Waals surface area contributed by atoms with Gasteiger partial charge >= 0.3 is 0 Å². The van der Waals surface area contributed by atoms with Crippen LogP contribution in [0.4, 0.5) is 11.4 Å². The second-order valence-electron chi connectivity index (χ2n) is 7.16. The van der Waals surface area contributed by atoms with E-state index in [2.05, 4.69) is 15.3 Å². The fourth-order valence-corrected chi connectivity index (χ4v) is 4.20. The summed E-state index contributed by atoms with van der Waals surface area (Å²) < 4.78 is 64.6. The van der Waals surface area contributed by atoms with E-state index < -0.39 is 25.1 Å². The van der Waals surface area contributed by atoms with Crippen LogP contribution in [-0.4, -0.2) is 45.9 Å². The van der Waals surface area contributed by atoms with Crippen LogP contribution in [0.2, 0.25) is 0 Å². The van der Waals surface area contributed by atoms with Crippen LogP contribution < -0.4 is 0 Å². The molecule has 0 amide bonds. The maximum atomic E-state index is 11.5. The second-order valence-corrected chi connectivity index (χ2v) is 10.0. The predicted molar refractivity (Wildman–Crippen MR) is 119 cm³/mol. The minimum atomic E-state index is -4.56. The fourth-order valence-electron chi connectivity index (χ4n) is 3.19. The first-order valence-corrected chi connectivity index (χ1v) is 12.2. The number of phenolic OH excluding ortho intramolecular Hbond substituents is 1. The van der Waals surface area contributed by atoms with Crippen LogP contribution in [0.15, 0.2) is 74.6 Å². The zero-order valence-electron chi connectivity index (χ0n) is 17.2. The van der Waals surface area contributed by atoms with Crippen molar-refractivity contribution in [2.45, 2.75) is 16.7 Å². The van der Waals surface area contributed by atoms with E-state index in [0.717, 1.165) is 28.9 Å². The molecule has 34 heavy (non-hydrogen) atoms. The number of aromatic nitrogens is 2. The Morgan fingerprint density at radius 2 is 1.47 bits per heavy atom. The van der Waals surface area contributed by atoms with Gasteiger partial charge in [-0.3, -0.25) is 9.11 Å². The average molecular weight is 505 g/mol. The van der Waals surface area contributed by atoms with Crippen LogP contribution in [-0.2, 0) is 20.2 Å². The Labute approximate surface area is 192 Å². The molecule has 176 valence electrons. The molecule has 0 saturated heterocycles. The van der Waals surface area contributed by atoms with Gasteiger partial charge < -0.3 is 10.2 Å². The number of azo groups is 1. The third-order valence-corrected chi connectivity index (χ3v) is 6.53. The van der Waals surface area contributed by atoms with Crippen molar-refractivity contribution in [3.8, 4) is 17.3 Å². The summed E-state index contributed by atoms with van der Waals surface area (Å²) in [6.07, 6.45) is 0. The number of benzene rings is 3. The molecule has 0 unspecified atom stereocenters. The lowest BCUT2D eigenvalue weighted by Crippen LogP contribution is -1.99. The molecule has 3 aromatic carbocycles. The quantitative estimate of drug-likeness (QED) is 0.232. The highest BCUT2D eigenvalue weighted by Gasteiger charge is 2.18. The summed E-state index contributed by atoms with van der Waals surface area (Å²) in [7, 11) is -8.90. The van der Waals surface area contributed by atoms with Crippen molar-refractivity contribution < 1.29 is 36.2 Å². The van der Waals surface area contributed by atoms with Crippen molar-refractivity contribution >= 4 is 42.4 Å². The summed E-state index contributed by atoms with van der Waals surface area (Å²) in [5.74, 6) is -0.739. The molecule has 0 aliphatic carbocycles. The van der Waals surface area contributed by atoms with Gasteiger partial charge in [-0.1, -0.05) is 0 Å². The van der Waals surface area contributed by atoms with Crippen molar-refractivity contribution in [3.63, 3.8) is 0 Å². The number of hydrogen-bond acceptors (Lipinski definition) is 9. The van der Waals surface area contributed by atoms with E-state index in [4.69, 9.17) is 4.55 Å². The van der Waals surface area contributed by atoms with E-state index in [0.29, 0.717) is 16.8 Å². The van der Waals surface area contributed by atoms with Gasteiger partial charge in [0.1, 0.15) is 5.75 Å². The SMILES string of the molecule is Cc1nn(-c2ccc3c(O)cc(S(=O)(=O)O)cc3c2)c(O)c1/N=N/c1ccc(S(=O)(=O)O)cc1. The molecule has 4 rings (SSSR count). The second kappa shape index (κ2) is 8.18. The third kappa shape index (κ3) is 4.47. The lowest BCUT2D eigenvalue weighted by molar-refractivity contribution is 0.434. The number of fused-ring (bicyclic) bond motifs is 1. The maximum Gasteiger partial charge on any atom is 0.294 e. The monoisotopic (exact) mass is 504 g/mol. The standard InChI is InChI=1S/C20H16N4O8S2/c1-11-19(22-21-13-2-5-15(6-3-13)33(27,28)29)20(26)24(23-11)14-4-7-17-12(8-14)9-16(10-18(17)25)34(30,31)32/h2-10,25-26H,1H3,(H,27,28,29)(H,30,31,32)/b22-21+. The van der Waals surface area contributed by atoms with Gasteiger partial charge in [0.05, 0.1) is 26.9 Å². The predicted octanol–water partition coefficient (Wildman–Crippen LogP) is 3.65. The topological polar surface area (TPSA) is 192 Å². The fraction of sp³-hybridized carbons (Fsp3) is 0.0500.